The zero-order valence-electron chi connectivity index (χ0n) is 23.0. The maximum Gasteiger partial charge on any atom is 0.326 e. The van der Waals surface area contributed by atoms with E-state index in [9.17, 15) is 4.79 Å². The number of halogens is 1. The van der Waals surface area contributed by atoms with Crippen molar-refractivity contribution < 1.29 is 4.79 Å². The molecule has 4 aromatic rings. The van der Waals surface area contributed by atoms with Crippen LogP contribution in [0.1, 0.15) is 63.3 Å². The Bertz CT molecular complexity index is 1550. The van der Waals surface area contributed by atoms with Crippen LogP contribution in [-0.4, -0.2) is 21.9 Å². The lowest BCUT2D eigenvalue weighted by atomic mass is 9.79. The Kier molecular flexibility index (Phi) is 7.08. The molecule has 1 aliphatic rings. The molecule has 200 valence electrons. The summed E-state index contributed by atoms with van der Waals surface area (Å²) in [7, 11) is 0. The van der Waals surface area contributed by atoms with Gasteiger partial charge >= 0.3 is 6.03 Å². The predicted octanol–water partition coefficient (Wildman–Crippen LogP) is 8.25. The van der Waals surface area contributed by atoms with Gasteiger partial charge in [-0.2, -0.15) is 5.10 Å². The van der Waals surface area contributed by atoms with Crippen molar-refractivity contribution in [2.45, 2.75) is 58.3 Å². The van der Waals surface area contributed by atoms with Crippen molar-refractivity contribution >= 4 is 35.5 Å². The standard InChI is InChI=1S/C32H34ClN5O/c1-31(2,3)22-17-24(23-15-16-32(4,5)25(23)18-22)28-20-38(34-19-21-11-7-6-8-12-21)29(35-28)37-30(39)36-27-14-10-9-13-26(27)33/h6-14,17-20H,15-16H2,1-5H3,(H2,35,36,37,39)/b34-19+. The summed E-state index contributed by atoms with van der Waals surface area (Å²) >= 11 is 6.25. The maximum absolute atomic E-state index is 13.0. The third kappa shape index (κ3) is 5.76. The molecule has 5 rings (SSSR count). The molecule has 0 aliphatic heterocycles. The predicted molar refractivity (Wildman–Crippen MR) is 161 cm³/mol. The summed E-state index contributed by atoms with van der Waals surface area (Å²) in [4.78, 5) is 17.9. The fraction of sp³-hybridized carbons (Fsp3) is 0.281. The Hall–Kier alpha value is -3.90. The van der Waals surface area contributed by atoms with Gasteiger partial charge in [0.1, 0.15) is 0 Å². The molecule has 1 aromatic heterocycles. The first-order chi connectivity index (χ1) is 18.5. The average Bonchev–Trinajstić information content (AvgIpc) is 3.43. The van der Waals surface area contributed by atoms with Gasteiger partial charge in [-0.25, -0.2) is 14.5 Å². The van der Waals surface area contributed by atoms with E-state index in [1.165, 1.54) is 16.7 Å². The number of rotatable bonds is 5. The van der Waals surface area contributed by atoms with Crippen LogP contribution in [0.3, 0.4) is 0 Å². The van der Waals surface area contributed by atoms with E-state index in [0.717, 1.165) is 29.7 Å². The van der Waals surface area contributed by atoms with Crippen molar-refractivity contribution in [2.75, 3.05) is 10.6 Å². The molecule has 7 heteroatoms. The summed E-state index contributed by atoms with van der Waals surface area (Å²) in [6.45, 7) is 11.3. The highest BCUT2D eigenvalue weighted by atomic mass is 35.5. The van der Waals surface area contributed by atoms with Crippen molar-refractivity contribution in [1.82, 2.24) is 9.66 Å². The molecule has 0 saturated heterocycles. The van der Waals surface area contributed by atoms with Gasteiger partial charge in [0.15, 0.2) is 0 Å². The highest BCUT2D eigenvalue weighted by Gasteiger charge is 2.34. The van der Waals surface area contributed by atoms with Crippen molar-refractivity contribution in [3.8, 4) is 11.3 Å². The van der Waals surface area contributed by atoms with Gasteiger partial charge in [-0.15, -0.1) is 0 Å². The van der Waals surface area contributed by atoms with Gasteiger partial charge in [-0.05, 0) is 64.1 Å². The van der Waals surface area contributed by atoms with Crippen LogP contribution in [0.25, 0.3) is 11.3 Å². The van der Waals surface area contributed by atoms with E-state index >= 15 is 0 Å². The van der Waals surface area contributed by atoms with Gasteiger partial charge in [0.25, 0.3) is 0 Å². The third-order valence-corrected chi connectivity index (χ3v) is 7.62. The monoisotopic (exact) mass is 539 g/mol. The number of hydrogen-bond acceptors (Lipinski definition) is 3. The summed E-state index contributed by atoms with van der Waals surface area (Å²) in [6, 6.07) is 21.1. The molecule has 39 heavy (non-hydrogen) atoms. The highest BCUT2D eigenvalue weighted by Crippen LogP contribution is 2.45. The van der Waals surface area contributed by atoms with Crippen LogP contribution in [0, 0.1) is 0 Å². The summed E-state index contributed by atoms with van der Waals surface area (Å²) < 4.78 is 1.62. The number of benzene rings is 3. The van der Waals surface area contributed by atoms with Crippen LogP contribution in [0.15, 0.2) is 78.0 Å². The first kappa shape index (κ1) is 26.7. The normalized spacial score (nSPS) is 14.4. The molecule has 0 bridgehead atoms. The summed E-state index contributed by atoms with van der Waals surface area (Å²) in [5.74, 6) is 0.314. The molecule has 0 fully saturated rings. The Morgan fingerprint density at radius 1 is 1.05 bits per heavy atom. The number of amides is 2. The minimum Gasteiger partial charge on any atom is -0.306 e. The van der Waals surface area contributed by atoms with Gasteiger partial charge in [0.05, 0.1) is 28.8 Å². The van der Waals surface area contributed by atoms with Crippen LogP contribution in [0.5, 0.6) is 0 Å². The lowest BCUT2D eigenvalue weighted by Gasteiger charge is -2.25. The fourth-order valence-electron chi connectivity index (χ4n) is 4.94. The highest BCUT2D eigenvalue weighted by molar-refractivity contribution is 6.33. The first-order valence-corrected chi connectivity index (χ1v) is 13.6. The van der Waals surface area contributed by atoms with Crippen molar-refractivity contribution in [3.05, 3.63) is 100 Å². The topological polar surface area (TPSA) is 71.3 Å². The number of urea groups is 1. The minimum atomic E-state index is -0.453. The molecule has 3 aromatic carbocycles. The van der Waals surface area contributed by atoms with E-state index < -0.39 is 6.03 Å². The number of para-hydroxylation sites is 1. The number of nitrogens with one attached hydrogen (secondary N) is 2. The Balaban J connectivity index is 1.57. The number of carbonyl (C=O) groups is 1. The van der Waals surface area contributed by atoms with Crippen molar-refractivity contribution in [1.29, 1.82) is 0 Å². The largest absolute Gasteiger partial charge is 0.326 e. The third-order valence-electron chi connectivity index (χ3n) is 7.29. The zero-order valence-corrected chi connectivity index (χ0v) is 23.8. The number of aromatic nitrogens is 2. The molecule has 0 saturated carbocycles. The maximum atomic E-state index is 13.0. The molecule has 6 nitrogen and oxygen atoms in total. The van der Waals surface area contributed by atoms with Crippen molar-refractivity contribution in [3.63, 3.8) is 0 Å². The second-order valence-electron chi connectivity index (χ2n) is 11.7. The van der Waals surface area contributed by atoms with Crippen LogP contribution in [0.2, 0.25) is 5.02 Å². The van der Waals surface area contributed by atoms with Gasteiger partial charge in [-0.1, -0.05) is 94.8 Å². The second kappa shape index (κ2) is 10.3. The van der Waals surface area contributed by atoms with E-state index in [2.05, 4.69) is 62.5 Å². The average molecular weight is 540 g/mol. The van der Waals surface area contributed by atoms with Crippen LogP contribution in [-0.2, 0) is 17.3 Å². The van der Waals surface area contributed by atoms with Gasteiger partial charge in [0, 0.05) is 5.56 Å². The van der Waals surface area contributed by atoms with Gasteiger partial charge in [-0.3, -0.25) is 5.32 Å². The number of imidazole rings is 1. The molecular weight excluding hydrogens is 506 g/mol. The number of carbonyl (C=O) groups excluding carboxylic acids is 1. The lowest BCUT2D eigenvalue weighted by Crippen LogP contribution is -2.21. The molecule has 0 spiro atoms. The lowest BCUT2D eigenvalue weighted by molar-refractivity contribution is 0.262. The van der Waals surface area contributed by atoms with Crippen LogP contribution < -0.4 is 10.6 Å². The first-order valence-electron chi connectivity index (χ1n) is 13.2. The van der Waals surface area contributed by atoms with E-state index in [1.54, 1.807) is 23.0 Å². The molecule has 1 aliphatic carbocycles. The molecule has 2 amide bonds. The second-order valence-corrected chi connectivity index (χ2v) is 12.1. The molecule has 0 radical (unpaired) electrons. The van der Waals surface area contributed by atoms with E-state index in [-0.39, 0.29) is 10.8 Å². The molecule has 0 atom stereocenters. The Morgan fingerprint density at radius 2 is 1.77 bits per heavy atom. The van der Waals surface area contributed by atoms with E-state index in [4.69, 9.17) is 16.6 Å². The van der Waals surface area contributed by atoms with Crippen LogP contribution in [0.4, 0.5) is 16.4 Å². The van der Waals surface area contributed by atoms with Gasteiger partial charge in [0.2, 0.25) is 5.95 Å². The molecule has 0 unspecified atom stereocenters. The minimum absolute atomic E-state index is 0.0214. The summed E-state index contributed by atoms with van der Waals surface area (Å²) in [5, 5.41) is 10.8. The fourth-order valence-corrected chi connectivity index (χ4v) is 5.12. The molecule has 2 N–H and O–H groups in total. The molecular formula is C32H34ClN5O. The van der Waals surface area contributed by atoms with E-state index in [0.29, 0.717) is 16.7 Å². The number of fused-ring (bicyclic) bond motifs is 1. The van der Waals surface area contributed by atoms with Crippen molar-refractivity contribution in [2.24, 2.45) is 5.10 Å². The zero-order chi connectivity index (χ0) is 27.8. The number of hydrogen-bond donors (Lipinski definition) is 2. The Morgan fingerprint density at radius 3 is 2.49 bits per heavy atom. The smallest absolute Gasteiger partial charge is 0.306 e. The Labute approximate surface area is 235 Å². The van der Waals surface area contributed by atoms with Crippen LogP contribution >= 0.6 is 11.6 Å². The van der Waals surface area contributed by atoms with E-state index in [1.807, 2.05) is 48.7 Å². The summed E-state index contributed by atoms with van der Waals surface area (Å²) in [5.41, 5.74) is 7.34. The quantitative estimate of drug-likeness (QED) is 0.251. The number of anilines is 2. The van der Waals surface area contributed by atoms with Gasteiger partial charge < -0.3 is 5.32 Å². The molecule has 1 heterocycles. The number of nitrogens with zero attached hydrogens (tertiary/aromatic N) is 3. The summed E-state index contributed by atoms with van der Waals surface area (Å²) in [6.07, 6.45) is 5.71. The SMILES string of the molecule is CC(C)(C)c1cc(-c2cn(/N=C/c3ccccc3)c(NC(=O)Nc3ccccc3Cl)n2)c2c(c1)C(C)(C)CC2.